The summed E-state index contributed by atoms with van der Waals surface area (Å²) < 4.78 is 56.8. The van der Waals surface area contributed by atoms with Gasteiger partial charge in [0.15, 0.2) is 0 Å². The maximum absolute atomic E-state index is 13.1. The second-order valence-corrected chi connectivity index (χ2v) is 12.1. The molecular formula is C28H33F3N4O3S. The van der Waals surface area contributed by atoms with Crippen LogP contribution in [0, 0.1) is 6.92 Å². The smallest absolute Gasteiger partial charge is 0.406 e. The summed E-state index contributed by atoms with van der Waals surface area (Å²) in [6, 6.07) is 12.3. The predicted octanol–water partition coefficient (Wildman–Crippen LogP) is 4.87. The molecule has 1 spiro atoms. The van der Waals surface area contributed by atoms with E-state index in [1.165, 1.54) is 55.0 Å². The topological polar surface area (TPSA) is 83.0 Å². The van der Waals surface area contributed by atoms with Crippen molar-refractivity contribution in [2.75, 3.05) is 24.2 Å². The van der Waals surface area contributed by atoms with Gasteiger partial charge in [0.25, 0.3) is 5.91 Å². The molecule has 210 valence electrons. The Labute approximate surface area is 228 Å². The fourth-order valence-corrected chi connectivity index (χ4v) is 6.83. The number of benzene rings is 2. The highest BCUT2D eigenvalue weighted by molar-refractivity contribution is 7.82. The van der Waals surface area contributed by atoms with Crippen LogP contribution in [-0.2, 0) is 22.2 Å². The van der Waals surface area contributed by atoms with Crippen LogP contribution >= 0.6 is 0 Å². The number of aliphatic imine (C=N–C) groups is 1. The van der Waals surface area contributed by atoms with Crippen molar-refractivity contribution in [2.45, 2.75) is 69.8 Å². The third-order valence-corrected chi connectivity index (χ3v) is 9.27. The Bertz CT molecular complexity index is 1270. The lowest BCUT2D eigenvalue weighted by atomic mass is 9.89. The number of hydrogen-bond donors (Lipinski definition) is 2. The van der Waals surface area contributed by atoms with E-state index in [1.807, 2.05) is 4.31 Å². The summed E-state index contributed by atoms with van der Waals surface area (Å²) >= 11 is 0. The first-order valence-electron chi connectivity index (χ1n) is 13.4. The van der Waals surface area contributed by atoms with Gasteiger partial charge in [-0.2, -0.15) is 0 Å². The minimum Gasteiger partial charge on any atom is -0.406 e. The molecule has 1 saturated heterocycles. The molecule has 0 aromatic heterocycles. The van der Waals surface area contributed by atoms with Gasteiger partial charge in [0.05, 0.1) is 11.0 Å². The number of ether oxygens (including phenoxy) is 1. The summed E-state index contributed by atoms with van der Waals surface area (Å²) in [5.74, 6) is 0.0595. The van der Waals surface area contributed by atoms with E-state index < -0.39 is 22.9 Å². The number of aryl methyl sites for hydroxylation is 2. The van der Waals surface area contributed by atoms with E-state index >= 15 is 0 Å². The molecule has 7 nitrogen and oxygen atoms in total. The zero-order valence-electron chi connectivity index (χ0n) is 21.9. The molecular weight excluding hydrogens is 529 g/mol. The Hall–Kier alpha value is -2.92. The van der Waals surface area contributed by atoms with E-state index in [2.05, 4.69) is 45.5 Å². The van der Waals surface area contributed by atoms with Crippen LogP contribution in [0.4, 0.5) is 18.9 Å². The second-order valence-electron chi connectivity index (χ2n) is 10.5. The van der Waals surface area contributed by atoms with Crippen molar-refractivity contribution in [1.29, 1.82) is 0 Å². The molecule has 5 rings (SSSR count). The molecule has 1 aliphatic carbocycles. The molecule has 1 amide bonds. The minimum atomic E-state index is -4.81. The van der Waals surface area contributed by atoms with E-state index in [0.29, 0.717) is 49.7 Å². The normalized spacial score (nSPS) is 20.6. The summed E-state index contributed by atoms with van der Waals surface area (Å²) in [4.78, 5) is 17.5. The van der Waals surface area contributed by atoms with Gasteiger partial charge < -0.3 is 15.4 Å². The number of hydrogen-bond acceptors (Lipinski definition) is 5. The zero-order chi connectivity index (χ0) is 27.6. The van der Waals surface area contributed by atoms with E-state index in [4.69, 9.17) is 0 Å². The number of anilines is 1. The van der Waals surface area contributed by atoms with Gasteiger partial charge in [-0.1, -0.05) is 31.0 Å². The highest BCUT2D eigenvalue weighted by Crippen LogP contribution is 2.33. The van der Waals surface area contributed by atoms with Gasteiger partial charge in [-0.05, 0) is 74.4 Å². The lowest BCUT2D eigenvalue weighted by Gasteiger charge is -2.34. The monoisotopic (exact) mass is 562 g/mol. The van der Waals surface area contributed by atoms with E-state index in [-0.39, 0.29) is 17.5 Å². The molecule has 11 heteroatoms. The summed E-state index contributed by atoms with van der Waals surface area (Å²) in [5.41, 5.74) is 2.83. The van der Waals surface area contributed by atoms with Crippen molar-refractivity contribution in [1.82, 2.24) is 9.62 Å². The van der Waals surface area contributed by atoms with Crippen molar-refractivity contribution >= 4 is 28.4 Å². The summed E-state index contributed by atoms with van der Waals surface area (Å²) in [7, 11) is -1.20. The van der Waals surface area contributed by atoms with E-state index in [1.54, 1.807) is 6.07 Å². The summed E-state index contributed by atoms with van der Waals surface area (Å²) in [6.07, 6.45) is 1.65. The quantitative estimate of drug-likeness (QED) is 0.481. The molecule has 2 aliphatic heterocycles. The van der Waals surface area contributed by atoms with Gasteiger partial charge in [0.1, 0.15) is 17.1 Å². The number of amides is 1. The van der Waals surface area contributed by atoms with Crippen molar-refractivity contribution in [3.05, 3.63) is 59.2 Å². The van der Waals surface area contributed by atoms with E-state index in [0.717, 1.165) is 5.69 Å². The van der Waals surface area contributed by atoms with Crippen LogP contribution in [0.25, 0.3) is 0 Å². The Morgan fingerprint density at radius 2 is 1.90 bits per heavy atom. The third-order valence-electron chi connectivity index (χ3n) is 7.77. The number of halogens is 3. The first kappa shape index (κ1) is 27.6. The van der Waals surface area contributed by atoms with Crippen molar-refractivity contribution < 1.29 is 26.9 Å². The van der Waals surface area contributed by atoms with Crippen molar-refractivity contribution in [2.24, 2.45) is 4.99 Å². The van der Waals surface area contributed by atoms with Crippen molar-refractivity contribution in [3.63, 3.8) is 0 Å². The van der Waals surface area contributed by atoms with Crippen molar-refractivity contribution in [3.8, 4) is 5.75 Å². The Morgan fingerprint density at radius 1 is 1.15 bits per heavy atom. The first-order valence-corrected chi connectivity index (χ1v) is 14.6. The van der Waals surface area contributed by atoms with Crippen LogP contribution in [0.1, 0.15) is 55.2 Å². The highest BCUT2D eigenvalue weighted by atomic mass is 32.2. The number of alkyl halides is 3. The molecule has 1 atom stereocenters. The fourth-order valence-electron chi connectivity index (χ4n) is 5.59. The van der Waals surface area contributed by atoms with Gasteiger partial charge in [-0.25, -0.2) is 8.51 Å². The maximum atomic E-state index is 13.1. The number of carbonyl (C=O) groups excluding carboxylic acids is 1. The average molecular weight is 563 g/mol. The zero-order valence-corrected chi connectivity index (χ0v) is 22.7. The number of rotatable bonds is 8. The third kappa shape index (κ3) is 6.63. The molecule has 1 saturated carbocycles. The largest absolute Gasteiger partial charge is 0.573 e. The lowest BCUT2D eigenvalue weighted by Crippen LogP contribution is -2.49. The van der Waals surface area contributed by atoms with Crippen LogP contribution in [0.15, 0.2) is 47.5 Å². The molecule has 2 heterocycles. The Kier molecular flexibility index (Phi) is 8.00. The number of carbonyl (C=O) groups is 1. The Balaban J connectivity index is 1.16. The molecule has 0 radical (unpaired) electrons. The predicted molar refractivity (Wildman–Crippen MR) is 145 cm³/mol. The molecule has 0 bridgehead atoms. The number of nitrogens with zero attached hydrogens (tertiary/aromatic N) is 2. The molecule has 3 aliphatic rings. The molecule has 39 heavy (non-hydrogen) atoms. The van der Waals surface area contributed by atoms with Gasteiger partial charge in [-0.15, -0.1) is 13.2 Å². The molecule has 2 N–H and O–H groups in total. The number of piperidine rings is 1. The van der Waals surface area contributed by atoms with Crippen LogP contribution in [0.2, 0.25) is 0 Å². The van der Waals surface area contributed by atoms with Crippen LogP contribution in [-0.4, -0.2) is 57.0 Å². The lowest BCUT2D eigenvalue weighted by molar-refractivity contribution is -0.274. The molecule has 2 aromatic rings. The first-order chi connectivity index (χ1) is 18.6. The number of nitrogens with one attached hydrogen (secondary N) is 2. The summed E-state index contributed by atoms with van der Waals surface area (Å²) in [5, 5.41) is 6.33. The van der Waals surface area contributed by atoms with Gasteiger partial charge in [-0.3, -0.25) is 9.79 Å². The van der Waals surface area contributed by atoms with Gasteiger partial charge >= 0.3 is 6.36 Å². The molecule has 1 unspecified atom stereocenters. The van der Waals surface area contributed by atoms with Crippen LogP contribution in [0.3, 0.4) is 0 Å². The van der Waals surface area contributed by atoms with Gasteiger partial charge in [0, 0.05) is 36.1 Å². The van der Waals surface area contributed by atoms with Crippen LogP contribution < -0.4 is 15.4 Å². The Morgan fingerprint density at radius 3 is 2.59 bits per heavy atom. The van der Waals surface area contributed by atoms with Crippen LogP contribution in [0.5, 0.6) is 5.75 Å². The minimum absolute atomic E-state index is 0.226. The van der Waals surface area contributed by atoms with Gasteiger partial charge in [0.2, 0.25) is 0 Å². The average Bonchev–Trinajstić information content (AvgIpc) is 3.51. The van der Waals surface area contributed by atoms with E-state index in [9.17, 15) is 22.2 Å². The molecule has 2 fully saturated rings. The fraction of sp³-hybridized carbons (Fsp3) is 0.500. The standard InChI is InChI=1S/C28H33F3N4O3S/c1-19-17-23(32-22-6-2-3-7-22)10-9-20(19)11-16-39(37)35-14-12-27(13-15-35)26(36)33-25(34-27)21-5-4-8-24(18-21)38-28(29,30)31/h4-5,8-10,17-18,22,32H,2-3,6-7,11-16H2,1H3,(H,33,34,36). The second kappa shape index (κ2) is 11.3. The summed E-state index contributed by atoms with van der Waals surface area (Å²) in [6.45, 7) is 2.97. The number of amidine groups is 1. The highest BCUT2D eigenvalue weighted by Gasteiger charge is 2.46. The SMILES string of the molecule is Cc1cc(NC2CCCC2)ccc1CCS(=O)N1CCC2(CC1)N=C(c1cccc(OC(F)(F)F)c1)NC2=O. The maximum Gasteiger partial charge on any atom is 0.573 e. The molecule has 2 aromatic carbocycles.